The molecule has 1 saturated heterocycles. The first-order chi connectivity index (χ1) is 10.8. The molecule has 1 fully saturated rings. The zero-order chi connectivity index (χ0) is 17.0. The van der Waals surface area contributed by atoms with E-state index in [0.717, 1.165) is 25.2 Å². The number of halogens is 2. The molecule has 1 N–H and O–H groups in total. The third kappa shape index (κ3) is 5.49. The highest BCUT2D eigenvalue weighted by atomic mass is 32.2. The van der Waals surface area contributed by atoms with Crippen molar-refractivity contribution in [2.45, 2.75) is 24.8 Å². The molecule has 1 aliphatic rings. The fourth-order valence-corrected chi connectivity index (χ4v) is 3.66. The molecule has 23 heavy (non-hydrogen) atoms. The normalized spacial score (nSPS) is 20.1. The summed E-state index contributed by atoms with van der Waals surface area (Å²) in [4.78, 5) is 1.79. The summed E-state index contributed by atoms with van der Waals surface area (Å²) < 4.78 is 58.5. The van der Waals surface area contributed by atoms with Crippen molar-refractivity contribution < 1.29 is 21.9 Å². The number of hydrogen-bond acceptors (Lipinski definition) is 4. The van der Waals surface area contributed by atoms with Crippen LogP contribution in [0.4, 0.5) is 8.78 Å². The van der Waals surface area contributed by atoms with Crippen molar-refractivity contribution >= 4 is 10.0 Å². The summed E-state index contributed by atoms with van der Waals surface area (Å²) in [7, 11) is -3.97. The van der Waals surface area contributed by atoms with Gasteiger partial charge < -0.3 is 4.74 Å². The standard InChI is InChI=1S/C15H22F2N2O3S/c1-11(2)9-19-3-4-22-14(10-19)8-18-23(20,21)15-6-12(16)5-13(17)7-15/h5-7,11,14,18H,3-4,8-10H2,1-2H3. The van der Waals surface area contributed by atoms with Gasteiger partial charge in [-0.25, -0.2) is 21.9 Å². The maximum absolute atomic E-state index is 13.2. The van der Waals surface area contributed by atoms with Gasteiger partial charge in [-0.1, -0.05) is 13.8 Å². The van der Waals surface area contributed by atoms with Crippen LogP contribution in [0.5, 0.6) is 0 Å². The maximum atomic E-state index is 13.2. The molecule has 0 saturated carbocycles. The smallest absolute Gasteiger partial charge is 0.240 e. The first-order valence-corrected chi connectivity index (χ1v) is 9.04. The van der Waals surface area contributed by atoms with Gasteiger partial charge >= 0.3 is 0 Å². The Morgan fingerprint density at radius 3 is 2.57 bits per heavy atom. The fourth-order valence-electron chi connectivity index (χ4n) is 2.56. The lowest BCUT2D eigenvalue weighted by molar-refractivity contribution is -0.0280. The Labute approximate surface area is 135 Å². The zero-order valence-corrected chi connectivity index (χ0v) is 14.1. The van der Waals surface area contributed by atoms with Crippen molar-refractivity contribution in [1.82, 2.24) is 9.62 Å². The number of hydrogen-bond donors (Lipinski definition) is 1. The predicted octanol–water partition coefficient (Wildman–Crippen LogP) is 1.60. The van der Waals surface area contributed by atoms with Gasteiger partial charge in [-0.3, -0.25) is 4.90 Å². The van der Waals surface area contributed by atoms with Gasteiger partial charge in [0.1, 0.15) is 11.6 Å². The van der Waals surface area contributed by atoms with Gasteiger partial charge in [-0.05, 0) is 18.1 Å². The van der Waals surface area contributed by atoms with Gasteiger partial charge in [-0.2, -0.15) is 0 Å². The van der Waals surface area contributed by atoms with Crippen molar-refractivity contribution in [3.05, 3.63) is 29.8 Å². The van der Waals surface area contributed by atoms with E-state index in [9.17, 15) is 17.2 Å². The first kappa shape index (κ1) is 18.3. The van der Waals surface area contributed by atoms with Crippen LogP contribution in [0.25, 0.3) is 0 Å². The number of rotatable bonds is 6. The number of morpholine rings is 1. The van der Waals surface area contributed by atoms with E-state index in [4.69, 9.17) is 4.74 Å². The van der Waals surface area contributed by atoms with Crippen molar-refractivity contribution in [1.29, 1.82) is 0 Å². The van der Waals surface area contributed by atoms with Gasteiger partial charge in [-0.15, -0.1) is 0 Å². The van der Waals surface area contributed by atoms with Gasteiger partial charge in [0.05, 0.1) is 17.6 Å². The van der Waals surface area contributed by atoms with Crippen molar-refractivity contribution in [3.8, 4) is 0 Å². The largest absolute Gasteiger partial charge is 0.374 e. The van der Waals surface area contributed by atoms with E-state index in [2.05, 4.69) is 23.5 Å². The van der Waals surface area contributed by atoms with Crippen molar-refractivity contribution in [3.63, 3.8) is 0 Å². The second kappa shape index (κ2) is 7.65. The van der Waals surface area contributed by atoms with Gasteiger partial charge in [0.25, 0.3) is 0 Å². The summed E-state index contributed by atoms with van der Waals surface area (Å²) in [6, 6.07) is 2.21. The van der Waals surface area contributed by atoms with Crippen molar-refractivity contribution in [2.24, 2.45) is 5.92 Å². The minimum absolute atomic E-state index is 0.0645. The molecule has 130 valence electrons. The molecule has 1 atom stereocenters. The molecule has 1 aromatic carbocycles. The van der Waals surface area contributed by atoms with E-state index >= 15 is 0 Å². The highest BCUT2D eigenvalue weighted by molar-refractivity contribution is 7.89. The van der Waals surface area contributed by atoms with Crippen LogP contribution in [0.15, 0.2) is 23.1 Å². The number of nitrogens with one attached hydrogen (secondary N) is 1. The molecular formula is C15H22F2N2O3S. The van der Waals surface area contributed by atoms with Crippen LogP contribution in [-0.2, 0) is 14.8 Å². The molecule has 0 spiro atoms. The SMILES string of the molecule is CC(C)CN1CCOC(CNS(=O)(=O)c2cc(F)cc(F)c2)C1. The van der Waals surface area contributed by atoms with Crippen LogP contribution >= 0.6 is 0 Å². The third-order valence-electron chi connectivity index (χ3n) is 3.49. The molecular weight excluding hydrogens is 326 g/mol. The van der Waals surface area contributed by atoms with E-state index in [0.29, 0.717) is 25.1 Å². The molecule has 1 aliphatic heterocycles. The predicted molar refractivity (Wildman–Crippen MR) is 82.6 cm³/mol. The molecule has 5 nitrogen and oxygen atoms in total. The number of sulfonamides is 1. The van der Waals surface area contributed by atoms with E-state index in [1.54, 1.807) is 0 Å². The van der Waals surface area contributed by atoms with E-state index < -0.39 is 26.6 Å². The molecule has 1 aromatic rings. The average molecular weight is 348 g/mol. The van der Waals surface area contributed by atoms with Crippen LogP contribution in [0.3, 0.4) is 0 Å². The Morgan fingerprint density at radius 1 is 1.30 bits per heavy atom. The molecule has 2 rings (SSSR count). The van der Waals surface area contributed by atoms with Crippen LogP contribution in [0, 0.1) is 17.6 Å². The van der Waals surface area contributed by atoms with Crippen molar-refractivity contribution in [2.75, 3.05) is 32.8 Å². The van der Waals surface area contributed by atoms with Crippen LogP contribution in [-0.4, -0.2) is 52.2 Å². The molecule has 0 amide bonds. The second-order valence-corrected chi connectivity index (χ2v) is 7.87. The van der Waals surface area contributed by atoms with Gasteiger partial charge in [0.2, 0.25) is 10.0 Å². The lowest BCUT2D eigenvalue weighted by Crippen LogP contribution is -2.48. The molecule has 0 bridgehead atoms. The van der Waals surface area contributed by atoms with Crippen LogP contribution < -0.4 is 4.72 Å². The maximum Gasteiger partial charge on any atom is 0.240 e. The summed E-state index contributed by atoms with van der Waals surface area (Å²) >= 11 is 0. The quantitative estimate of drug-likeness (QED) is 0.848. The molecule has 0 aromatic heterocycles. The highest BCUT2D eigenvalue weighted by Gasteiger charge is 2.24. The third-order valence-corrected chi connectivity index (χ3v) is 4.90. The summed E-state index contributed by atoms with van der Waals surface area (Å²) in [6.45, 7) is 7.19. The molecule has 1 unspecified atom stereocenters. The lowest BCUT2D eigenvalue weighted by Gasteiger charge is -2.33. The number of benzene rings is 1. The van der Waals surface area contributed by atoms with Gasteiger partial charge in [0.15, 0.2) is 0 Å². The Morgan fingerprint density at radius 2 is 1.96 bits per heavy atom. The first-order valence-electron chi connectivity index (χ1n) is 7.56. The topological polar surface area (TPSA) is 58.6 Å². The van der Waals surface area contributed by atoms with E-state index in [-0.39, 0.29) is 12.6 Å². The molecule has 1 heterocycles. The summed E-state index contributed by atoms with van der Waals surface area (Å²) in [5.74, 6) is -1.34. The van der Waals surface area contributed by atoms with E-state index in [1.807, 2.05) is 0 Å². The summed E-state index contributed by atoms with van der Waals surface area (Å²) in [5, 5.41) is 0. The van der Waals surface area contributed by atoms with Crippen LogP contribution in [0.1, 0.15) is 13.8 Å². The highest BCUT2D eigenvalue weighted by Crippen LogP contribution is 2.14. The minimum Gasteiger partial charge on any atom is -0.374 e. The fraction of sp³-hybridized carbons (Fsp3) is 0.600. The van der Waals surface area contributed by atoms with E-state index in [1.165, 1.54) is 0 Å². The minimum atomic E-state index is -3.97. The second-order valence-electron chi connectivity index (χ2n) is 6.10. The number of nitrogens with zero attached hydrogens (tertiary/aromatic N) is 1. The Balaban J connectivity index is 1.96. The summed E-state index contributed by atoms with van der Waals surface area (Å²) in [5.41, 5.74) is 0. The Hall–Kier alpha value is -1.09. The molecule has 0 radical (unpaired) electrons. The zero-order valence-electron chi connectivity index (χ0n) is 13.3. The Bertz CT molecular complexity index is 617. The summed E-state index contributed by atoms with van der Waals surface area (Å²) in [6.07, 6.45) is -0.282. The molecule has 8 heteroatoms. The Kier molecular flexibility index (Phi) is 6.07. The average Bonchev–Trinajstić information content (AvgIpc) is 2.44. The monoisotopic (exact) mass is 348 g/mol. The van der Waals surface area contributed by atoms with Gasteiger partial charge in [0, 0.05) is 32.2 Å². The van der Waals surface area contributed by atoms with Crippen LogP contribution in [0.2, 0.25) is 0 Å². The lowest BCUT2D eigenvalue weighted by atomic mass is 10.2. The molecule has 0 aliphatic carbocycles. The number of ether oxygens (including phenoxy) is 1.